The molecule has 7 heteroatoms. The molecule has 6 aliphatic rings. The van der Waals surface area contributed by atoms with E-state index in [1.807, 2.05) is 0 Å². The van der Waals surface area contributed by atoms with E-state index in [1.54, 1.807) is 23.1 Å². The van der Waals surface area contributed by atoms with Gasteiger partial charge in [-0.3, -0.25) is 19.3 Å². The van der Waals surface area contributed by atoms with Crippen molar-refractivity contribution in [2.24, 2.45) is 41.4 Å². The predicted molar refractivity (Wildman–Crippen MR) is 117 cm³/mol. The number of nitrogens with one attached hydrogen (secondary N) is 1. The number of imide groups is 1. The van der Waals surface area contributed by atoms with Gasteiger partial charge in [0.25, 0.3) is 0 Å². The smallest absolute Gasteiger partial charge is 0.233 e. The Hall–Kier alpha value is -1.85. The lowest BCUT2D eigenvalue weighted by molar-refractivity contribution is -0.144. The maximum Gasteiger partial charge on any atom is 0.233 e. The zero-order chi connectivity index (χ0) is 21.4. The van der Waals surface area contributed by atoms with Gasteiger partial charge in [0, 0.05) is 17.6 Å². The van der Waals surface area contributed by atoms with E-state index in [4.69, 9.17) is 23.2 Å². The van der Waals surface area contributed by atoms with Crippen molar-refractivity contribution >= 4 is 46.6 Å². The fourth-order valence-electron chi connectivity index (χ4n) is 6.75. The van der Waals surface area contributed by atoms with E-state index in [1.165, 1.54) is 6.42 Å². The quantitative estimate of drug-likeness (QED) is 0.533. The molecule has 7 rings (SSSR count). The van der Waals surface area contributed by atoms with E-state index in [0.29, 0.717) is 53.3 Å². The summed E-state index contributed by atoms with van der Waals surface area (Å²) in [5.41, 5.74) is 0.622. The van der Waals surface area contributed by atoms with E-state index < -0.39 is 0 Å². The van der Waals surface area contributed by atoms with Crippen LogP contribution < -0.4 is 5.32 Å². The van der Waals surface area contributed by atoms with Crippen LogP contribution in [0, 0.1) is 41.4 Å². The molecule has 3 amide bonds. The van der Waals surface area contributed by atoms with Crippen molar-refractivity contribution in [3.05, 3.63) is 40.4 Å². The number of allylic oxidation sites excluding steroid dienone is 2. The molecule has 1 aromatic carbocycles. The Morgan fingerprint density at radius 1 is 0.903 bits per heavy atom. The molecule has 3 saturated carbocycles. The van der Waals surface area contributed by atoms with Crippen LogP contribution in [0.3, 0.4) is 0 Å². The van der Waals surface area contributed by atoms with Crippen LogP contribution in [0.25, 0.3) is 0 Å². The molecule has 162 valence electrons. The van der Waals surface area contributed by atoms with Gasteiger partial charge in [0.1, 0.15) is 0 Å². The Bertz CT molecular complexity index is 980. The lowest BCUT2D eigenvalue weighted by Crippen LogP contribution is -2.44. The summed E-state index contributed by atoms with van der Waals surface area (Å²) in [5.74, 6) is 1.39. The summed E-state index contributed by atoms with van der Waals surface area (Å²) >= 11 is 12.0. The topological polar surface area (TPSA) is 66.5 Å². The minimum atomic E-state index is -0.137. The first kappa shape index (κ1) is 19.8. The Morgan fingerprint density at radius 2 is 1.52 bits per heavy atom. The number of halogens is 2. The van der Waals surface area contributed by atoms with Gasteiger partial charge in [-0.25, -0.2) is 0 Å². The molecule has 1 aliphatic heterocycles. The zero-order valence-electron chi connectivity index (χ0n) is 17.0. The van der Waals surface area contributed by atoms with Crippen LogP contribution >= 0.6 is 23.2 Å². The van der Waals surface area contributed by atoms with Gasteiger partial charge in [-0.15, -0.1) is 0 Å². The summed E-state index contributed by atoms with van der Waals surface area (Å²) in [7, 11) is 0. The first-order valence-electron chi connectivity index (χ1n) is 11.2. The van der Waals surface area contributed by atoms with Crippen molar-refractivity contribution in [1.82, 2.24) is 4.90 Å². The summed E-state index contributed by atoms with van der Waals surface area (Å²) in [6.07, 6.45) is 8.30. The van der Waals surface area contributed by atoms with Gasteiger partial charge >= 0.3 is 0 Å². The number of carbonyl (C=O) groups is 3. The number of likely N-dealkylation sites (tertiary alicyclic amines) is 1. The normalized spacial score (nSPS) is 40.0. The third-order valence-corrected chi connectivity index (χ3v) is 9.06. The first-order chi connectivity index (χ1) is 14.9. The third kappa shape index (κ3) is 3.00. The molecule has 1 saturated heterocycles. The van der Waals surface area contributed by atoms with Gasteiger partial charge in [0.05, 0.1) is 21.9 Å². The number of carbonyl (C=O) groups excluding carboxylic acids is 3. The SMILES string of the molecule is O=C(Nc1ccc(Cl)c(Cl)c1)C1CCC(N2C(=O)[C@H]3[C@@H]4C=C[C@H]([C@H]5C[C@H]45)[C@@H]3C2=O)CC1. The van der Waals surface area contributed by atoms with Crippen molar-refractivity contribution < 1.29 is 14.4 Å². The number of rotatable bonds is 3. The standard InChI is InChI=1S/C24H24Cl2N2O3/c25-18-8-3-12(9-19(18)26)27-22(29)11-1-4-13(5-2-11)28-23(30)20-14-6-7-15(17-10-16(14)17)21(20)24(28)31/h3,6-9,11,13-17,20-21H,1-2,4-5,10H2,(H,27,29)/t11?,13?,14-,15-,16-,17-,20+,21+/m1/s1. The molecule has 0 spiro atoms. The third-order valence-electron chi connectivity index (χ3n) is 8.32. The number of amides is 3. The molecule has 5 aliphatic carbocycles. The molecule has 0 radical (unpaired) electrons. The summed E-state index contributed by atoms with van der Waals surface area (Å²) in [5, 5.41) is 3.76. The minimum Gasteiger partial charge on any atom is -0.326 e. The summed E-state index contributed by atoms with van der Waals surface area (Å²) in [4.78, 5) is 40.9. The number of benzene rings is 1. The second-order valence-corrected chi connectivity index (χ2v) is 10.6. The lowest BCUT2D eigenvalue weighted by atomic mass is 9.63. The van der Waals surface area contributed by atoms with E-state index in [0.717, 1.165) is 0 Å². The molecule has 6 atom stereocenters. The highest BCUT2D eigenvalue weighted by molar-refractivity contribution is 6.42. The van der Waals surface area contributed by atoms with Crippen molar-refractivity contribution in [2.75, 3.05) is 5.32 Å². The Kier molecular flexibility index (Phi) is 4.52. The average molecular weight is 459 g/mol. The summed E-state index contributed by atoms with van der Waals surface area (Å²) in [6.45, 7) is 0. The molecular formula is C24H24Cl2N2O3. The molecule has 2 bridgehead atoms. The van der Waals surface area contributed by atoms with Crippen LogP contribution in [0.1, 0.15) is 32.1 Å². The van der Waals surface area contributed by atoms with Gasteiger partial charge in [-0.1, -0.05) is 35.4 Å². The number of nitrogens with zero attached hydrogens (tertiary/aromatic N) is 1. The molecule has 1 N–H and O–H groups in total. The minimum absolute atomic E-state index is 0.0448. The van der Waals surface area contributed by atoms with Crippen molar-refractivity contribution in [3.63, 3.8) is 0 Å². The number of anilines is 1. The predicted octanol–water partition coefficient (Wildman–Crippen LogP) is 4.54. The fraction of sp³-hybridized carbons (Fsp3) is 0.542. The number of hydrogen-bond donors (Lipinski definition) is 1. The van der Waals surface area contributed by atoms with Crippen LogP contribution in [-0.2, 0) is 14.4 Å². The molecule has 31 heavy (non-hydrogen) atoms. The molecule has 1 heterocycles. The highest BCUT2D eigenvalue weighted by Crippen LogP contribution is 2.65. The maximum atomic E-state index is 13.3. The van der Waals surface area contributed by atoms with Crippen LogP contribution in [0.4, 0.5) is 5.69 Å². The average Bonchev–Trinajstić information content (AvgIpc) is 3.54. The Labute approximate surface area is 191 Å². The lowest BCUT2D eigenvalue weighted by Gasteiger charge is -2.37. The molecule has 0 unspecified atom stereocenters. The van der Waals surface area contributed by atoms with Crippen molar-refractivity contribution in [2.45, 2.75) is 38.1 Å². The zero-order valence-corrected chi connectivity index (χ0v) is 18.5. The summed E-state index contributed by atoms with van der Waals surface area (Å²) in [6, 6.07) is 4.96. The molecule has 5 nitrogen and oxygen atoms in total. The molecular weight excluding hydrogens is 435 g/mol. The van der Waals surface area contributed by atoms with E-state index in [2.05, 4.69) is 17.5 Å². The van der Waals surface area contributed by atoms with Crippen molar-refractivity contribution in [1.29, 1.82) is 0 Å². The van der Waals surface area contributed by atoms with E-state index in [-0.39, 0.29) is 53.4 Å². The Balaban J connectivity index is 1.11. The summed E-state index contributed by atoms with van der Waals surface area (Å²) < 4.78 is 0. The molecule has 1 aromatic rings. The van der Waals surface area contributed by atoms with Gasteiger partial charge in [0.2, 0.25) is 17.7 Å². The Morgan fingerprint density at radius 3 is 2.10 bits per heavy atom. The fourth-order valence-corrected chi connectivity index (χ4v) is 7.05. The van der Waals surface area contributed by atoms with E-state index >= 15 is 0 Å². The van der Waals surface area contributed by atoms with Crippen LogP contribution in [-0.4, -0.2) is 28.7 Å². The highest BCUT2D eigenvalue weighted by atomic mass is 35.5. The molecule has 0 aromatic heterocycles. The van der Waals surface area contributed by atoms with Gasteiger partial charge in [0.15, 0.2) is 0 Å². The van der Waals surface area contributed by atoms with Crippen molar-refractivity contribution in [3.8, 4) is 0 Å². The van der Waals surface area contributed by atoms with Crippen LogP contribution in [0.5, 0.6) is 0 Å². The van der Waals surface area contributed by atoms with Gasteiger partial charge in [-0.2, -0.15) is 0 Å². The first-order valence-corrected chi connectivity index (χ1v) is 12.0. The van der Waals surface area contributed by atoms with E-state index in [9.17, 15) is 14.4 Å². The molecule has 4 fully saturated rings. The number of hydrogen-bond acceptors (Lipinski definition) is 3. The highest BCUT2D eigenvalue weighted by Gasteiger charge is 2.67. The van der Waals surface area contributed by atoms with Gasteiger partial charge in [-0.05, 0) is 74.0 Å². The van der Waals surface area contributed by atoms with Gasteiger partial charge < -0.3 is 5.32 Å². The van der Waals surface area contributed by atoms with Crippen LogP contribution in [0.15, 0.2) is 30.4 Å². The maximum absolute atomic E-state index is 13.3. The monoisotopic (exact) mass is 458 g/mol. The second-order valence-electron chi connectivity index (χ2n) is 9.82. The van der Waals surface area contributed by atoms with Crippen LogP contribution in [0.2, 0.25) is 10.0 Å². The largest absolute Gasteiger partial charge is 0.326 e. The second kappa shape index (κ2) is 7.08.